The topological polar surface area (TPSA) is 64.5 Å². The summed E-state index contributed by atoms with van der Waals surface area (Å²) in [5.41, 5.74) is 0.240. The van der Waals surface area contributed by atoms with Gasteiger partial charge in [0, 0.05) is 20.2 Å². The summed E-state index contributed by atoms with van der Waals surface area (Å²) in [6.45, 7) is 1.72. The standard InChI is InChI=1S/C12H17N3O3/c1-17-9-3-5-15(6-4-9)11-8-13-7-10(14-11)12(16)18-2/h7-9H,3-6H2,1-2H3. The number of ether oxygens (including phenoxy) is 2. The first-order valence-corrected chi connectivity index (χ1v) is 5.92. The molecular weight excluding hydrogens is 234 g/mol. The minimum atomic E-state index is -0.462. The van der Waals surface area contributed by atoms with Crippen LogP contribution in [0.4, 0.5) is 5.82 Å². The molecule has 1 aromatic heterocycles. The molecule has 0 bridgehead atoms. The molecule has 98 valence electrons. The lowest BCUT2D eigenvalue weighted by molar-refractivity contribution is 0.0593. The predicted octanol–water partition coefficient (Wildman–Crippen LogP) is 0.878. The van der Waals surface area contributed by atoms with Crippen molar-refractivity contribution in [3.05, 3.63) is 18.1 Å². The molecule has 0 atom stereocenters. The molecule has 0 spiro atoms. The Bertz CT molecular complexity index is 417. The van der Waals surface area contributed by atoms with Gasteiger partial charge in [-0.25, -0.2) is 9.78 Å². The molecule has 2 heterocycles. The van der Waals surface area contributed by atoms with Gasteiger partial charge in [0.15, 0.2) is 5.69 Å². The fraction of sp³-hybridized carbons (Fsp3) is 0.583. The average Bonchev–Trinajstić information content (AvgIpc) is 2.46. The normalized spacial score (nSPS) is 16.7. The molecular formula is C12H17N3O3. The molecule has 1 aliphatic rings. The van der Waals surface area contributed by atoms with E-state index in [2.05, 4.69) is 19.6 Å². The van der Waals surface area contributed by atoms with Crippen LogP contribution in [-0.4, -0.2) is 49.4 Å². The summed E-state index contributed by atoms with van der Waals surface area (Å²) in [4.78, 5) is 21.8. The maximum atomic E-state index is 11.4. The Morgan fingerprint density at radius 2 is 2.06 bits per heavy atom. The zero-order chi connectivity index (χ0) is 13.0. The van der Waals surface area contributed by atoms with E-state index in [0.29, 0.717) is 11.9 Å². The Balaban J connectivity index is 2.07. The van der Waals surface area contributed by atoms with Crippen LogP contribution < -0.4 is 4.90 Å². The van der Waals surface area contributed by atoms with Crippen LogP contribution in [0.2, 0.25) is 0 Å². The van der Waals surface area contributed by atoms with Gasteiger partial charge in [0.2, 0.25) is 0 Å². The number of esters is 1. The monoisotopic (exact) mass is 251 g/mol. The zero-order valence-electron chi connectivity index (χ0n) is 10.6. The Labute approximate surface area is 106 Å². The van der Waals surface area contributed by atoms with Crippen LogP contribution in [0.15, 0.2) is 12.4 Å². The van der Waals surface area contributed by atoms with Crippen molar-refractivity contribution in [3.8, 4) is 0 Å². The van der Waals surface area contributed by atoms with E-state index in [1.807, 2.05) is 0 Å². The Morgan fingerprint density at radius 3 is 2.67 bits per heavy atom. The fourth-order valence-corrected chi connectivity index (χ4v) is 2.03. The predicted molar refractivity (Wildman–Crippen MR) is 65.6 cm³/mol. The maximum Gasteiger partial charge on any atom is 0.358 e. The SMILES string of the molecule is COC(=O)c1cncc(N2CCC(OC)CC2)n1. The highest BCUT2D eigenvalue weighted by atomic mass is 16.5. The van der Waals surface area contributed by atoms with Crippen LogP contribution >= 0.6 is 0 Å². The summed E-state index contributed by atoms with van der Waals surface area (Å²) in [6.07, 6.45) is 5.32. The number of anilines is 1. The Morgan fingerprint density at radius 1 is 1.33 bits per heavy atom. The third-order valence-electron chi connectivity index (χ3n) is 3.12. The van der Waals surface area contributed by atoms with Crippen LogP contribution in [0.5, 0.6) is 0 Å². The molecule has 1 fully saturated rings. The summed E-state index contributed by atoms with van der Waals surface area (Å²) in [7, 11) is 3.07. The summed E-state index contributed by atoms with van der Waals surface area (Å²) >= 11 is 0. The maximum absolute atomic E-state index is 11.4. The molecule has 6 nitrogen and oxygen atoms in total. The van der Waals surface area contributed by atoms with Crippen LogP contribution in [0, 0.1) is 0 Å². The molecule has 0 aliphatic carbocycles. The van der Waals surface area contributed by atoms with Crippen LogP contribution in [0.1, 0.15) is 23.3 Å². The smallest absolute Gasteiger partial charge is 0.358 e. The largest absolute Gasteiger partial charge is 0.464 e. The van der Waals surface area contributed by atoms with Crippen molar-refractivity contribution in [1.29, 1.82) is 0 Å². The Kier molecular flexibility index (Phi) is 4.09. The van der Waals surface area contributed by atoms with Crippen LogP contribution in [0.3, 0.4) is 0 Å². The summed E-state index contributed by atoms with van der Waals surface area (Å²) in [5.74, 6) is 0.253. The van der Waals surface area contributed by atoms with Gasteiger partial charge >= 0.3 is 5.97 Å². The van der Waals surface area contributed by atoms with Crippen molar-refractivity contribution in [3.63, 3.8) is 0 Å². The van der Waals surface area contributed by atoms with Gasteiger partial charge in [-0.15, -0.1) is 0 Å². The summed E-state index contributed by atoms with van der Waals surface area (Å²) in [5, 5.41) is 0. The van der Waals surface area contributed by atoms with Gasteiger partial charge in [-0.3, -0.25) is 4.98 Å². The lowest BCUT2D eigenvalue weighted by Crippen LogP contribution is -2.37. The molecule has 0 N–H and O–H groups in total. The van der Waals surface area contributed by atoms with Gasteiger partial charge in [0.1, 0.15) is 5.82 Å². The van der Waals surface area contributed by atoms with E-state index in [1.165, 1.54) is 13.3 Å². The number of rotatable bonds is 3. The van der Waals surface area contributed by atoms with E-state index in [-0.39, 0.29) is 5.69 Å². The second kappa shape index (κ2) is 5.77. The molecule has 0 unspecified atom stereocenters. The molecule has 0 amide bonds. The quantitative estimate of drug-likeness (QED) is 0.743. The van der Waals surface area contributed by atoms with Gasteiger partial charge in [-0.05, 0) is 12.8 Å². The van der Waals surface area contributed by atoms with Crippen LogP contribution in [-0.2, 0) is 9.47 Å². The third-order valence-corrected chi connectivity index (χ3v) is 3.12. The summed E-state index contributed by atoms with van der Waals surface area (Å²) < 4.78 is 9.95. The first-order valence-electron chi connectivity index (χ1n) is 5.92. The van der Waals surface area contributed by atoms with Gasteiger partial charge < -0.3 is 14.4 Å². The number of nitrogens with zero attached hydrogens (tertiary/aromatic N) is 3. The number of hydrogen-bond acceptors (Lipinski definition) is 6. The van der Waals surface area contributed by atoms with E-state index >= 15 is 0 Å². The molecule has 1 saturated heterocycles. The molecule has 0 radical (unpaired) electrons. The van der Waals surface area contributed by atoms with Crippen molar-refractivity contribution in [2.75, 3.05) is 32.2 Å². The summed E-state index contributed by atoms with van der Waals surface area (Å²) in [6, 6.07) is 0. The van der Waals surface area contributed by atoms with E-state index in [4.69, 9.17) is 4.74 Å². The van der Waals surface area contributed by atoms with E-state index in [1.54, 1.807) is 13.3 Å². The molecule has 1 aliphatic heterocycles. The second-order valence-electron chi connectivity index (χ2n) is 4.18. The van der Waals surface area contributed by atoms with Crippen molar-refractivity contribution in [1.82, 2.24) is 9.97 Å². The highest BCUT2D eigenvalue weighted by Crippen LogP contribution is 2.18. The van der Waals surface area contributed by atoms with Crippen molar-refractivity contribution < 1.29 is 14.3 Å². The molecule has 2 rings (SSSR count). The number of carbonyl (C=O) groups is 1. The van der Waals surface area contributed by atoms with E-state index < -0.39 is 5.97 Å². The minimum Gasteiger partial charge on any atom is -0.464 e. The lowest BCUT2D eigenvalue weighted by atomic mass is 10.1. The molecule has 0 aromatic carbocycles. The molecule has 1 aromatic rings. The highest BCUT2D eigenvalue weighted by molar-refractivity contribution is 5.87. The zero-order valence-corrected chi connectivity index (χ0v) is 10.6. The minimum absolute atomic E-state index is 0.240. The number of methoxy groups -OCH3 is 2. The van der Waals surface area contributed by atoms with E-state index in [9.17, 15) is 4.79 Å². The number of piperidine rings is 1. The Hall–Kier alpha value is -1.69. The lowest BCUT2D eigenvalue weighted by Gasteiger charge is -2.31. The fourth-order valence-electron chi connectivity index (χ4n) is 2.03. The van der Waals surface area contributed by atoms with Gasteiger partial charge in [-0.1, -0.05) is 0 Å². The van der Waals surface area contributed by atoms with Gasteiger partial charge in [-0.2, -0.15) is 0 Å². The van der Waals surface area contributed by atoms with Gasteiger partial charge in [0.25, 0.3) is 0 Å². The van der Waals surface area contributed by atoms with Crippen molar-refractivity contribution in [2.24, 2.45) is 0 Å². The number of aromatic nitrogens is 2. The third kappa shape index (κ3) is 2.76. The highest BCUT2D eigenvalue weighted by Gasteiger charge is 2.20. The first-order chi connectivity index (χ1) is 8.74. The molecule has 0 saturated carbocycles. The second-order valence-corrected chi connectivity index (χ2v) is 4.18. The van der Waals surface area contributed by atoms with Crippen molar-refractivity contribution >= 4 is 11.8 Å². The molecule has 18 heavy (non-hydrogen) atoms. The first kappa shape index (κ1) is 12.8. The molecule has 6 heteroatoms. The van der Waals surface area contributed by atoms with E-state index in [0.717, 1.165) is 25.9 Å². The van der Waals surface area contributed by atoms with Crippen molar-refractivity contribution in [2.45, 2.75) is 18.9 Å². The van der Waals surface area contributed by atoms with Crippen LogP contribution in [0.25, 0.3) is 0 Å². The number of hydrogen-bond donors (Lipinski definition) is 0. The van der Waals surface area contributed by atoms with Gasteiger partial charge in [0.05, 0.1) is 25.6 Å². The number of carbonyl (C=O) groups excluding carboxylic acids is 1. The average molecular weight is 251 g/mol.